The lowest BCUT2D eigenvalue weighted by atomic mass is 9.92. The molecule has 2 atom stereocenters. The Bertz CT molecular complexity index is 274. The number of carbonyl (C=O) groups excluding carboxylic acids is 1. The largest absolute Gasteiger partial charge is 0.324 e. The normalized spacial score (nSPS) is 30.8. The van der Waals surface area contributed by atoms with Crippen LogP contribution in [0, 0.1) is 17.8 Å². The SMILES string of the molecule is CC1CC(C)CN(C(=O)N/C=C/C2CC2)C1. The number of allylic oxidation sites excluding steroid dienone is 1. The molecule has 2 rings (SSSR count). The zero-order chi connectivity index (χ0) is 11.5. The first kappa shape index (κ1) is 11.5. The number of amides is 2. The maximum atomic E-state index is 11.9. The molecule has 2 unspecified atom stereocenters. The molecule has 0 bridgehead atoms. The van der Waals surface area contributed by atoms with Gasteiger partial charge in [-0.15, -0.1) is 0 Å². The Morgan fingerprint density at radius 1 is 1.25 bits per heavy atom. The van der Waals surface area contributed by atoms with Crippen LogP contribution in [0.3, 0.4) is 0 Å². The Morgan fingerprint density at radius 2 is 1.88 bits per heavy atom. The second-order valence-electron chi connectivity index (χ2n) is 5.50. The Morgan fingerprint density at radius 3 is 2.44 bits per heavy atom. The van der Waals surface area contributed by atoms with E-state index in [1.54, 1.807) is 0 Å². The van der Waals surface area contributed by atoms with E-state index in [-0.39, 0.29) is 6.03 Å². The molecule has 3 nitrogen and oxygen atoms in total. The van der Waals surface area contributed by atoms with Crippen LogP contribution in [-0.2, 0) is 0 Å². The first-order valence-electron chi connectivity index (χ1n) is 6.37. The maximum absolute atomic E-state index is 11.9. The first-order chi connectivity index (χ1) is 7.65. The van der Waals surface area contributed by atoms with Crippen LogP contribution in [-0.4, -0.2) is 24.0 Å². The molecule has 2 amide bonds. The first-order valence-corrected chi connectivity index (χ1v) is 6.37. The van der Waals surface area contributed by atoms with E-state index in [0.29, 0.717) is 11.8 Å². The number of hydrogen-bond donors (Lipinski definition) is 1. The predicted molar refractivity (Wildman–Crippen MR) is 64.9 cm³/mol. The Hall–Kier alpha value is -0.990. The minimum Gasteiger partial charge on any atom is -0.324 e. The number of nitrogens with zero attached hydrogens (tertiary/aromatic N) is 1. The van der Waals surface area contributed by atoms with Crippen molar-refractivity contribution in [2.75, 3.05) is 13.1 Å². The van der Waals surface area contributed by atoms with Crippen molar-refractivity contribution in [3.63, 3.8) is 0 Å². The fourth-order valence-electron chi connectivity index (χ4n) is 2.46. The second-order valence-corrected chi connectivity index (χ2v) is 5.50. The number of hydrogen-bond acceptors (Lipinski definition) is 1. The third kappa shape index (κ3) is 3.26. The average molecular weight is 222 g/mol. The van der Waals surface area contributed by atoms with E-state index < -0.39 is 0 Å². The van der Waals surface area contributed by atoms with Crippen molar-refractivity contribution in [1.82, 2.24) is 10.2 Å². The molecule has 1 saturated carbocycles. The summed E-state index contributed by atoms with van der Waals surface area (Å²) in [4.78, 5) is 13.8. The van der Waals surface area contributed by atoms with Crippen molar-refractivity contribution in [1.29, 1.82) is 0 Å². The van der Waals surface area contributed by atoms with Gasteiger partial charge in [-0.25, -0.2) is 4.79 Å². The van der Waals surface area contributed by atoms with Crippen LogP contribution in [0.2, 0.25) is 0 Å². The Labute approximate surface area is 97.9 Å². The van der Waals surface area contributed by atoms with Gasteiger partial charge in [0.2, 0.25) is 0 Å². The zero-order valence-electron chi connectivity index (χ0n) is 10.3. The van der Waals surface area contributed by atoms with Gasteiger partial charge in [-0.05, 0) is 37.0 Å². The molecule has 1 heterocycles. The van der Waals surface area contributed by atoms with E-state index in [0.717, 1.165) is 19.0 Å². The number of likely N-dealkylation sites (tertiary alicyclic amines) is 1. The summed E-state index contributed by atoms with van der Waals surface area (Å²) in [6, 6.07) is 0.0651. The van der Waals surface area contributed by atoms with Crippen molar-refractivity contribution in [3.05, 3.63) is 12.3 Å². The van der Waals surface area contributed by atoms with E-state index >= 15 is 0 Å². The fourth-order valence-corrected chi connectivity index (χ4v) is 2.46. The summed E-state index contributed by atoms with van der Waals surface area (Å²) in [6.07, 6.45) is 7.73. The monoisotopic (exact) mass is 222 g/mol. The highest BCUT2D eigenvalue weighted by molar-refractivity contribution is 5.75. The van der Waals surface area contributed by atoms with Gasteiger partial charge >= 0.3 is 6.03 Å². The quantitative estimate of drug-likeness (QED) is 0.765. The molecule has 90 valence electrons. The second kappa shape index (κ2) is 4.89. The van der Waals surface area contributed by atoms with Gasteiger partial charge in [0.25, 0.3) is 0 Å². The topological polar surface area (TPSA) is 32.3 Å². The van der Waals surface area contributed by atoms with Gasteiger partial charge in [0.1, 0.15) is 0 Å². The summed E-state index contributed by atoms with van der Waals surface area (Å²) in [5.41, 5.74) is 0. The van der Waals surface area contributed by atoms with Gasteiger partial charge < -0.3 is 10.2 Å². The predicted octanol–water partition coefficient (Wildman–Crippen LogP) is 2.60. The highest BCUT2D eigenvalue weighted by Crippen LogP contribution is 2.29. The molecule has 2 aliphatic rings. The van der Waals surface area contributed by atoms with Gasteiger partial charge in [-0.1, -0.05) is 19.9 Å². The number of rotatable bonds is 2. The number of carbonyl (C=O) groups is 1. The molecule has 0 aromatic heterocycles. The minimum atomic E-state index is 0.0651. The third-order valence-corrected chi connectivity index (χ3v) is 3.35. The fraction of sp³-hybridized carbons (Fsp3) is 0.769. The van der Waals surface area contributed by atoms with Crippen LogP contribution >= 0.6 is 0 Å². The van der Waals surface area contributed by atoms with Gasteiger partial charge in [-0.3, -0.25) is 0 Å². The van der Waals surface area contributed by atoms with Crippen LogP contribution in [0.4, 0.5) is 4.79 Å². The molecule has 0 aromatic carbocycles. The summed E-state index contributed by atoms with van der Waals surface area (Å²) in [5, 5.41) is 2.87. The van der Waals surface area contributed by atoms with Crippen molar-refractivity contribution < 1.29 is 4.79 Å². The standard InChI is InChI=1S/C13H22N2O/c1-10-7-11(2)9-15(8-10)13(16)14-6-5-12-3-4-12/h5-6,10-12H,3-4,7-9H2,1-2H3,(H,14,16)/b6-5+. The van der Waals surface area contributed by atoms with Crippen LogP contribution in [0.15, 0.2) is 12.3 Å². The molecular formula is C13H22N2O. The van der Waals surface area contributed by atoms with Crippen LogP contribution in [0.1, 0.15) is 33.1 Å². The molecule has 1 saturated heterocycles. The molecule has 3 heteroatoms. The minimum absolute atomic E-state index is 0.0651. The molecular weight excluding hydrogens is 200 g/mol. The number of piperidine rings is 1. The molecule has 1 aliphatic heterocycles. The van der Waals surface area contributed by atoms with E-state index in [2.05, 4.69) is 25.2 Å². The molecule has 1 N–H and O–H groups in total. The molecule has 0 aromatic rings. The van der Waals surface area contributed by atoms with Crippen LogP contribution in [0.5, 0.6) is 0 Å². The molecule has 16 heavy (non-hydrogen) atoms. The molecule has 0 spiro atoms. The average Bonchev–Trinajstić information content (AvgIpc) is 3.00. The number of nitrogens with one attached hydrogen (secondary N) is 1. The molecule has 0 radical (unpaired) electrons. The Balaban J connectivity index is 1.78. The maximum Gasteiger partial charge on any atom is 0.321 e. The highest BCUT2D eigenvalue weighted by Gasteiger charge is 2.25. The zero-order valence-corrected chi connectivity index (χ0v) is 10.3. The Kier molecular flexibility index (Phi) is 3.52. The smallest absolute Gasteiger partial charge is 0.321 e. The summed E-state index contributed by atoms with van der Waals surface area (Å²) in [5.74, 6) is 1.98. The summed E-state index contributed by atoms with van der Waals surface area (Å²) < 4.78 is 0. The summed E-state index contributed by atoms with van der Waals surface area (Å²) in [7, 11) is 0. The van der Waals surface area contributed by atoms with Gasteiger partial charge in [0, 0.05) is 19.3 Å². The number of urea groups is 1. The molecule has 2 fully saturated rings. The van der Waals surface area contributed by atoms with E-state index in [9.17, 15) is 4.79 Å². The van der Waals surface area contributed by atoms with Crippen molar-refractivity contribution in [3.8, 4) is 0 Å². The van der Waals surface area contributed by atoms with Crippen LogP contribution in [0.25, 0.3) is 0 Å². The lowest BCUT2D eigenvalue weighted by Gasteiger charge is -2.34. The van der Waals surface area contributed by atoms with Crippen molar-refractivity contribution in [2.45, 2.75) is 33.1 Å². The van der Waals surface area contributed by atoms with E-state index in [4.69, 9.17) is 0 Å². The van der Waals surface area contributed by atoms with Crippen LogP contribution < -0.4 is 5.32 Å². The summed E-state index contributed by atoms with van der Waals surface area (Å²) in [6.45, 7) is 6.23. The van der Waals surface area contributed by atoms with E-state index in [1.165, 1.54) is 19.3 Å². The van der Waals surface area contributed by atoms with E-state index in [1.807, 2.05) is 11.1 Å². The third-order valence-electron chi connectivity index (χ3n) is 3.35. The molecule has 1 aliphatic carbocycles. The van der Waals surface area contributed by atoms with Gasteiger partial charge in [-0.2, -0.15) is 0 Å². The lowest BCUT2D eigenvalue weighted by Crippen LogP contribution is -2.46. The lowest BCUT2D eigenvalue weighted by molar-refractivity contribution is 0.149. The van der Waals surface area contributed by atoms with Gasteiger partial charge in [0.15, 0.2) is 0 Å². The summed E-state index contributed by atoms with van der Waals surface area (Å²) >= 11 is 0. The van der Waals surface area contributed by atoms with Crippen molar-refractivity contribution in [2.24, 2.45) is 17.8 Å². The van der Waals surface area contributed by atoms with Gasteiger partial charge in [0.05, 0.1) is 0 Å². The highest BCUT2D eigenvalue weighted by atomic mass is 16.2. The van der Waals surface area contributed by atoms with Crippen molar-refractivity contribution >= 4 is 6.03 Å².